The van der Waals surface area contributed by atoms with Gasteiger partial charge in [0.05, 0.1) is 0 Å². The lowest BCUT2D eigenvalue weighted by Crippen LogP contribution is -2.43. The van der Waals surface area contributed by atoms with E-state index in [0.29, 0.717) is 11.1 Å². The number of nitrogens with one attached hydrogen (secondary N) is 3. The molecule has 1 heterocycles. The number of aryl methyl sites for hydroxylation is 1. The number of carbonyl (C=O) groups is 2. The summed E-state index contributed by atoms with van der Waals surface area (Å²) in [6.07, 6.45) is 2.63. The first-order valence-corrected chi connectivity index (χ1v) is 9.98. The number of H-pyrrole nitrogens is 1. The number of amides is 1. The fourth-order valence-electron chi connectivity index (χ4n) is 3.62. The lowest BCUT2D eigenvalue weighted by atomic mass is 9.96. The molecule has 5 heteroatoms. The molecule has 3 aromatic carbocycles. The predicted molar refractivity (Wildman–Crippen MR) is 118 cm³/mol. The van der Waals surface area contributed by atoms with Gasteiger partial charge in [0.15, 0.2) is 5.78 Å². The van der Waals surface area contributed by atoms with Crippen LogP contribution < -0.4 is 10.9 Å². The Labute approximate surface area is 175 Å². The Morgan fingerprint density at radius 1 is 0.900 bits per heavy atom. The molecule has 0 saturated heterocycles. The molecule has 0 radical (unpaired) electrons. The van der Waals surface area contributed by atoms with Crippen molar-refractivity contribution in [2.24, 2.45) is 0 Å². The average Bonchev–Trinajstić information content (AvgIpc) is 3.24. The molecule has 1 unspecified atom stereocenters. The summed E-state index contributed by atoms with van der Waals surface area (Å²) in [5, 5.41) is 0.886. The second-order valence-corrected chi connectivity index (χ2v) is 7.07. The van der Waals surface area contributed by atoms with Crippen molar-refractivity contribution in [2.75, 3.05) is 0 Å². The van der Waals surface area contributed by atoms with E-state index in [1.807, 2.05) is 48.5 Å². The van der Waals surface area contributed by atoms with E-state index in [9.17, 15) is 9.59 Å². The third kappa shape index (κ3) is 3.88. The third-order valence-corrected chi connectivity index (χ3v) is 5.21. The maximum atomic E-state index is 13.5. The Morgan fingerprint density at radius 2 is 1.60 bits per heavy atom. The molecule has 1 aromatic heterocycles. The highest BCUT2D eigenvalue weighted by Gasteiger charge is 2.25. The SMILES string of the molecule is CCc1cccc2c(C(=O)C(NNC(=O)c3ccccc3)c3ccccc3)c[nH]c12. The van der Waals surface area contributed by atoms with E-state index in [1.54, 1.807) is 30.5 Å². The highest BCUT2D eigenvalue weighted by molar-refractivity contribution is 6.11. The summed E-state index contributed by atoms with van der Waals surface area (Å²) in [5.74, 6) is -0.411. The monoisotopic (exact) mass is 397 g/mol. The number of rotatable bonds is 7. The van der Waals surface area contributed by atoms with Crippen molar-refractivity contribution >= 4 is 22.6 Å². The van der Waals surface area contributed by atoms with Crippen LogP contribution in [0.2, 0.25) is 0 Å². The fraction of sp³-hybridized carbons (Fsp3) is 0.120. The summed E-state index contributed by atoms with van der Waals surface area (Å²) in [6.45, 7) is 2.09. The standard InChI is InChI=1S/C25H23N3O2/c1-2-17-14-9-15-20-21(16-26-22(17)20)24(29)23(18-10-5-3-6-11-18)27-28-25(30)19-12-7-4-8-13-19/h3-16,23,26-27H,2H2,1H3,(H,28,30). The van der Waals surface area contributed by atoms with Crippen molar-refractivity contribution in [3.05, 3.63) is 107 Å². The molecule has 0 aliphatic heterocycles. The van der Waals surface area contributed by atoms with Crippen LogP contribution in [0, 0.1) is 0 Å². The fourth-order valence-corrected chi connectivity index (χ4v) is 3.62. The molecule has 1 atom stereocenters. The van der Waals surface area contributed by atoms with Crippen LogP contribution in [-0.2, 0) is 6.42 Å². The first-order valence-electron chi connectivity index (χ1n) is 9.98. The van der Waals surface area contributed by atoms with Crippen molar-refractivity contribution in [2.45, 2.75) is 19.4 Å². The van der Waals surface area contributed by atoms with Crippen LogP contribution in [0.15, 0.2) is 85.1 Å². The number of carbonyl (C=O) groups excluding carboxylic acids is 2. The molecular weight excluding hydrogens is 374 g/mol. The van der Waals surface area contributed by atoms with Crippen LogP contribution in [0.5, 0.6) is 0 Å². The molecule has 0 bridgehead atoms. The molecule has 150 valence electrons. The maximum absolute atomic E-state index is 13.5. The molecule has 4 aromatic rings. The first kappa shape index (κ1) is 19.6. The smallest absolute Gasteiger partial charge is 0.265 e. The molecule has 5 nitrogen and oxygen atoms in total. The molecule has 4 rings (SSSR count). The van der Waals surface area contributed by atoms with Crippen molar-refractivity contribution in [1.82, 2.24) is 15.8 Å². The number of hydrogen-bond acceptors (Lipinski definition) is 3. The number of fused-ring (bicyclic) bond motifs is 1. The highest BCUT2D eigenvalue weighted by atomic mass is 16.2. The Balaban J connectivity index is 1.65. The number of aromatic nitrogens is 1. The van der Waals surface area contributed by atoms with Gasteiger partial charge in [-0.15, -0.1) is 0 Å². The average molecular weight is 397 g/mol. The second kappa shape index (κ2) is 8.76. The number of para-hydroxylation sites is 1. The maximum Gasteiger partial charge on any atom is 0.265 e. The van der Waals surface area contributed by atoms with Crippen LogP contribution in [0.4, 0.5) is 0 Å². The third-order valence-electron chi connectivity index (χ3n) is 5.21. The van der Waals surface area contributed by atoms with Gasteiger partial charge >= 0.3 is 0 Å². The number of aromatic amines is 1. The van der Waals surface area contributed by atoms with Crippen LogP contribution in [0.1, 0.15) is 44.8 Å². The Hall–Kier alpha value is -3.70. The Bertz CT molecular complexity index is 1170. The topological polar surface area (TPSA) is 74.0 Å². The molecule has 0 aliphatic carbocycles. The summed E-state index contributed by atoms with van der Waals surface area (Å²) >= 11 is 0. The van der Waals surface area contributed by atoms with Crippen LogP contribution in [-0.4, -0.2) is 16.7 Å². The van der Waals surface area contributed by atoms with E-state index in [0.717, 1.165) is 28.5 Å². The van der Waals surface area contributed by atoms with E-state index in [4.69, 9.17) is 0 Å². The largest absolute Gasteiger partial charge is 0.360 e. The number of Topliss-reactive ketones (excluding diaryl/α,β-unsaturated/α-hetero) is 1. The minimum atomic E-state index is -0.719. The molecule has 30 heavy (non-hydrogen) atoms. The molecule has 0 fully saturated rings. The number of benzene rings is 3. The van der Waals surface area contributed by atoms with Gasteiger partial charge in [0.25, 0.3) is 5.91 Å². The van der Waals surface area contributed by atoms with Gasteiger partial charge in [0, 0.05) is 28.2 Å². The van der Waals surface area contributed by atoms with E-state index in [2.05, 4.69) is 28.8 Å². The molecular formula is C25H23N3O2. The van der Waals surface area contributed by atoms with Gasteiger partial charge in [-0.05, 0) is 29.7 Å². The summed E-state index contributed by atoms with van der Waals surface area (Å²) in [6, 6.07) is 23.5. The van der Waals surface area contributed by atoms with Gasteiger partial charge < -0.3 is 4.98 Å². The zero-order valence-electron chi connectivity index (χ0n) is 16.7. The first-order chi connectivity index (χ1) is 14.7. The lowest BCUT2D eigenvalue weighted by molar-refractivity contribution is 0.0884. The zero-order valence-corrected chi connectivity index (χ0v) is 16.7. The van der Waals surface area contributed by atoms with Gasteiger partial charge in [-0.1, -0.05) is 73.7 Å². The number of hydrazine groups is 1. The molecule has 0 spiro atoms. The molecule has 0 aliphatic rings. The van der Waals surface area contributed by atoms with E-state index in [1.165, 1.54) is 0 Å². The van der Waals surface area contributed by atoms with Gasteiger partial charge in [-0.25, -0.2) is 5.43 Å². The van der Waals surface area contributed by atoms with Gasteiger partial charge in [-0.2, -0.15) is 0 Å². The number of hydrogen-bond donors (Lipinski definition) is 3. The van der Waals surface area contributed by atoms with Gasteiger partial charge in [0.1, 0.15) is 6.04 Å². The minimum Gasteiger partial charge on any atom is -0.360 e. The lowest BCUT2D eigenvalue weighted by Gasteiger charge is -2.18. The van der Waals surface area contributed by atoms with Crippen molar-refractivity contribution in [3.63, 3.8) is 0 Å². The van der Waals surface area contributed by atoms with Gasteiger partial charge in [-0.3, -0.25) is 15.0 Å². The van der Waals surface area contributed by atoms with E-state index < -0.39 is 6.04 Å². The molecule has 3 N–H and O–H groups in total. The highest BCUT2D eigenvalue weighted by Crippen LogP contribution is 2.26. The Morgan fingerprint density at radius 3 is 2.30 bits per heavy atom. The molecule has 1 amide bonds. The zero-order chi connectivity index (χ0) is 20.9. The van der Waals surface area contributed by atoms with Crippen molar-refractivity contribution < 1.29 is 9.59 Å². The van der Waals surface area contributed by atoms with Crippen LogP contribution >= 0.6 is 0 Å². The van der Waals surface area contributed by atoms with E-state index >= 15 is 0 Å². The quantitative estimate of drug-likeness (QED) is 0.315. The second-order valence-electron chi connectivity index (χ2n) is 7.07. The predicted octanol–water partition coefficient (Wildman–Crippen LogP) is 4.59. The van der Waals surface area contributed by atoms with E-state index in [-0.39, 0.29) is 11.7 Å². The summed E-state index contributed by atoms with van der Waals surface area (Å²) in [4.78, 5) is 29.3. The summed E-state index contributed by atoms with van der Waals surface area (Å²) in [5.41, 5.74) is 9.67. The Kier molecular flexibility index (Phi) is 5.72. The van der Waals surface area contributed by atoms with Crippen LogP contribution in [0.25, 0.3) is 10.9 Å². The minimum absolute atomic E-state index is 0.117. The summed E-state index contributed by atoms with van der Waals surface area (Å²) < 4.78 is 0. The normalized spacial score (nSPS) is 11.9. The summed E-state index contributed by atoms with van der Waals surface area (Å²) in [7, 11) is 0. The van der Waals surface area contributed by atoms with Gasteiger partial charge in [0.2, 0.25) is 0 Å². The van der Waals surface area contributed by atoms with Crippen molar-refractivity contribution in [3.8, 4) is 0 Å². The van der Waals surface area contributed by atoms with Crippen molar-refractivity contribution in [1.29, 1.82) is 0 Å². The molecule has 0 saturated carbocycles. The van der Waals surface area contributed by atoms with Crippen LogP contribution in [0.3, 0.4) is 0 Å². The number of ketones is 1.